The molecule has 18 heavy (non-hydrogen) atoms. The van der Waals surface area contributed by atoms with Gasteiger partial charge >= 0.3 is 0 Å². The molecule has 1 aliphatic heterocycles. The summed E-state index contributed by atoms with van der Waals surface area (Å²) in [6, 6.07) is 0. The van der Waals surface area contributed by atoms with Crippen molar-refractivity contribution in [1.82, 2.24) is 9.97 Å². The minimum atomic E-state index is 0.351. The Labute approximate surface area is 113 Å². The Morgan fingerprint density at radius 2 is 2.22 bits per heavy atom. The summed E-state index contributed by atoms with van der Waals surface area (Å²) in [7, 11) is 0. The van der Waals surface area contributed by atoms with Crippen molar-refractivity contribution in [3.05, 3.63) is 17.7 Å². The number of hydrogen-bond acceptors (Lipinski definition) is 5. The number of aromatic nitrogens is 2. The highest BCUT2D eigenvalue weighted by atomic mass is 32.2. The zero-order chi connectivity index (χ0) is 13.0. The van der Waals surface area contributed by atoms with Crippen molar-refractivity contribution in [1.29, 1.82) is 0 Å². The molecule has 4 nitrogen and oxygen atoms in total. The first kappa shape index (κ1) is 13.6. The molecule has 0 amide bonds. The van der Waals surface area contributed by atoms with Crippen LogP contribution in [-0.4, -0.2) is 34.6 Å². The van der Waals surface area contributed by atoms with Gasteiger partial charge in [0, 0.05) is 31.3 Å². The zero-order valence-corrected chi connectivity index (χ0v) is 12.0. The molecule has 2 N–H and O–H groups in total. The molecule has 100 valence electrons. The maximum absolute atomic E-state index is 5.84. The number of hydrogen-bond donors (Lipinski definition) is 1. The van der Waals surface area contributed by atoms with E-state index in [4.69, 9.17) is 5.73 Å². The first-order chi connectivity index (χ1) is 8.72. The fourth-order valence-corrected chi connectivity index (χ4v) is 2.99. The molecule has 0 aromatic carbocycles. The summed E-state index contributed by atoms with van der Waals surface area (Å²) in [4.78, 5) is 11.5. The lowest BCUT2D eigenvalue weighted by Gasteiger charge is -2.24. The quantitative estimate of drug-likeness (QED) is 0.907. The van der Waals surface area contributed by atoms with E-state index in [-0.39, 0.29) is 0 Å². The third-order valence-corrected chi connectivity index (χ3v) is 4.19. The van der Waals surface area contributed by atoms with Crippen LogP contribution in [0.15, 0.2) is 6.20 Å². The van der Waals surface area contributed by atoms with Crippen LogP contribution in [0.5, 0.6) is 0 Å². The molecular formula is C13H22N4S. The lowest BCUT2D eigenvalue weighted by atomic mass is 10.2. The average molecular weight is 266 g/mol. The van der Waals surface area contributed by atoms with Crippen LogP contribution in [0, 0.1) is 0 Å². The third kappa shape index (κ3) is 3.14. The standard InChI is InChI=1S/C13H22N4S/c1-10(2)13-15-9-12(11(8-14)16-13)17-4-3-6-18-7-5-17/h9-10H,3-8,14H2,1-2H3. The predicted molar refractivity (Wildman–Crippen MR) is 78.2 cm³/mol. The predicted octanol–water partition coefficient (Wildman–Crippen LogP) is 2.00. The van der Waals surface area contributed by atoms with Gasteiger partial charge in [-0.15, -0.1) is 0 Å². The highest BCUT2D eigenvalue weighted by molar-refractivity contribution is 7.99. The second kappa shape index (κ2) is 6.38. The highest BCUT2D eigenvalue weighted by Gasteiger charge is 2.16. The van der Waals surface area contributed by atoms with E-state index in [1.165, 1.54) is 17.9 Å². The SMILES string of the molecule is CC(C)c1ncc(N2CCCSCC2)c(CN)n1. The molecule has 2 heterocycles. The molecule has 0 atom stereocenters. The number of thioether (sulfide) groups is 1. The molecule has 1 saturated heterocycles. The summed E-state index contributed by atoms with van der Waals surface area (Å²) < 4.78 is 0. The van der Waals surface area contributed by atoms with Gasteiger partial charge in [0.2, 0.25) is 0 Å². The largest absolute Gasteiger partial charge is 0.368 e. The summed E-state index contributed by atoms with van der Waals surface area (Å²) in [6.07, 6.45) is 3.18. The number of nitrogens with zero attached hydrogens (tertiary/aromatic N) is 3. The van der Waals surface area contributed by atoms with E-state index in [0.29, 0.717) is 12.5 Å². The van der Waals surface area contributed by atoms with Crippen LogP contribution < -0.4 is 10.6 Å². The van der Waals surface area contributed by atoms with Gasteiger partial charge in [-0.3, -0.25) is 0 Å². The normalized spacial score (nSPS) is 17.0. The van der Waals surface area contributed by atoms with Gasteiger partial charge in [-0.1, -0.05) is 13.8 Å². The Morgan fingerprint density at radius 1 is 1.39 bits per heavy atom. The van der Waals surface area contributed by atoms with E-state index in [2.05, 4.69) is 28.7 Å². The summed E-state index contributed by atoms with van der Waals surface area (Å²) >= 11 is 2.02. The van der Waals surface area contributed by atoms with Gasteiger partial charge in [-0.2, -0.15) is 11.8 Å². The Balaban J connectivity index is 2.25. The van der Waals surface area contributed by atoms with Gasteiger partial charge < -0.3 is 10.6 Å². The van der Waals surface area contributed by atoms with Crippen LogP contribution >= 0.6 is 11.8 Å². The molecule has 0 radical (unpaired) electrons. The van der Waals surface area contributed by atoms with Gasteiger partial charge in [0.05, 0.1) is 17.6 Å². The molecule has 0 bridgehead atoms. The molecule has 1 aromatic rings. The number of rotatable bonds is 3. The van der Waals surface area contributed by atoms with E-state index >= 15 is 0 Å². The van der Waals surface area contributed by atoms with Crippen molar-refractivity contribution >= 4 is 17.4 Å². The van der Waals surface area contributed by atoms with E-state index < -0.39 is 0 Å². The molecule has 1 aromatic heterocycles. The number of nitrogens with two attached hydrogens (primary N) is 1. The molecule has 5 heteroatoms. The molecular weight excluding hydrogens is 244 g/mol. The molecule has 0 aliphatic carbocycles. The molecule has 2 rings (SSSR count). The highest BCUT2D eigenvalue weighted by Crippen LogP contribution is 2.22. The Bertz CT molecular complexity index is 387. The maximum atomic E-state index is 5.84. The van der Waals surface area contributed by atoms with E-state index in [9.17, 15) is 0 Å². The van der Waals surface area contributed by atoms with Crippen LogP contribution in [0.4, 0.5) is 5.69 Å². The summed E-state index contributed by atoms with van der Waals surface area (Å²) in [5, 5.41) is 0. The third-order valence-electron chi connectivity index (χ3n) is 3.14. The average Bonchev–Trinajstić information content (AvgIpc) is 2.66. The van der Waals surface area contributed by atoms with Gasteiger partial charge in [0.1, 0.15) is 5.82 Å². The van der Waals surface area contributed by atoms with Gasteiger partial charge in [-0.25, -0.2) is 9.97 Å². The zero-order valence-electron chi connectivity index (χ0n) is 11.2. The van der Waals surface area contributed by atoms with Crippen LogP contribution in [-0.2, 0) is 6.54 Å². The van der Waals surface area contributed by atoms with Gasteiger partial charge in [0.25, 0.3) is 0 Å². The van der Waals surface area contributed by atoms with Crippen LogP contribution in [0.1, 0.15) is 37.7 Å². The van der Waals surface area contributed by atoms with E-state index in [1.54, 1.807) is 0 Å². The Kier molecular flexibility index (Phi) is 4.83. The topological polar surface area (TPSA) is 55.0 Å². The summed E-state index contributed by atoms with van der Waals surface area (Å²) in [6.45, 7) is 6.86. The van der Waals surface area contributed by atoms with E-state index in [1.807, 2.05) is 18.0 Å². The summed E-state index contributed by atoms with van der Waals surface area (Å²) in [5.74, 6) is 3.67. The van der Waals surface area contributed by atoms with Crippen LogP contribution in [0.2, 0.25) is 0 Å². The van der Waals surface area contributed by atoms with Crippen LogP contribution in [0.3, 0.4) is 0 Å². The maximum Gasteiger partial charge on any atom is 0.131 e. The van der Waals surface area contributed by atoms with Crippen molar-refractivity contribution in [3.63, 3.8) is 0 Å². The van der Waals surface area contributed by atoms with Crippen molar-refractivity contribution < 1.29 is 0 Å². The second-order valence-corrected chi connectivity index (χ2v) is 6.10. The Morgan fingerprint density at radius 3 is 2.94 bits per heavy atom. The fourth-order valence-electron chi connectivity index (χ4n) is 2.11. The number of anilines is 1. The molecule has 1 aliphatic rings. The Hall–Kier alpha value is -0.810. The van der Waals surface area contributed by atoms with Gasteiger partial charge in [0.15, 0.2) is 0 Å². The molecule has 0 unspecified atom stereocenters. The molecule has 0 spiro atoms. The van der Waals surface area contributed by atoms with E-state index in [0.717, 1.165) is 30.3 Å². The first-order valence-corrected chi connectivity index (χ1v) is 7.76. The van der Waals surface area contributed by atoms with Crippen molar-refractivity contribution in [3.8, 4) is 0 Å². The van der Waals surface area contributed by atoms with Crippen molar-refractivity contribution in [2.24, 2.45) is 5.73 Å². The minimum absolute atomic E-state index is 0.351. The van der Waals surface area contributed by atoms with Crippen LogP contribution in [0.25, 0.3) is 0 Å². The lowest BCUT2D eigenvalue weighted by Crippen LogP contribution is -2.28. The smallest absolute Gasteiger partial charge is 0.131 e. The molecule has 1 fully saturated rings. The van der Waals surface area contributed by atoms with Gasteiger partial charge in [-0.05, 0) is 12.2 Å². The lowest BCUT2D eigenvalue weighted by molar-refractivity contribution is 0.739. The summed E-state index contributed by atoms with van der Waals surface area (Å²) in [5.41, 5.74) is 7.96. The fraction of sp³-hybridized carbons (Fsp3) is 0.692. The molecule has 0 saturated carbocycles. The second-order valence-electron chi connectivity index (χ2n) is 4.87. The van der Waals surface area contributed by atoms with Crippen molar-refractivity contribution in [2.45, 2.75) is 32.7 Å². The van der Waals surface area contributed by atoms with Crippen molar-refractivity contribution in [2.75, 3.05) is 29.5 Å². The monoisotopic (exact) mass is 266 g/mol. The minimum Gasteiger partial charge on any atom is -0.368 e. The first-order valence-electron chi connectivity index (χ1n) is 6.61.